The lowest BCUT2D eigenvalue weighted by Crippen LogP contribution is -1.91. The molecule has 2 rings (SSSR count). The van der Waals surface area contributed by atoms with E-state index in [9.17, 15) is 0 Å². The van der Waals surface area contributed by atoms with Crippen LogP contribution in [0.4, 0.5) is 0 Å². The van der Waals surface area contributed by atoms with Crippen LogP contribution < -0.4 is 0 Å². The first-order chi connectivity index (χ1) is 5.83. The number of rotatable bonds is 3. The second-order valence-electron chi connectivity index (χ2n) is 3.32. The standard InChI is InChI=1S/C9H12BrNO/c1-6-8(4-5-10)9(12-11-6)7-2-3-7/h7H,2-5H2,1H3. The Morgan fingerprint density at radius 1 is 1.58 bits per heavy atom. The van der Waals surface area contributed by atoms with Crippen LogP contribution >= 0.6 is 15.9 Å². The highest BCUT2D eigenvalue weighted by Gasteiger charge is 2.30. The van der Waals surface area contributed by atoms with Crippen molar-refractivity contribution in [2.75, 3.05) is 5.33 Å². The van der Waals surface area contributed by atoms with Crippen LogP contribution in [0.25, 0.3) is 0 Å². The number of halogens is 1. The van der Waals surface area contributed by atoms with E-state index in [1.807, 2.05) is 6.92 Å². The van der Waals surface area contributed by atoms with Crippen molar-refractivity contribution >= 4 is 15.9 Å². The summed E-state index contributed by atoms with van der Waals surface area (Å²) in [5.74, 6) is 1.83. The first kappa shape index (κ1) is 8.30. The summed E-state index contributed by atoms with van der Waals surface area (Å²) in [6, 6.07) is 0. The molecule has 0 aromatic carbocycles. The molecule has 0 unspecified atom stereocenters. The van der Waals surface area contributed by atoms with Crippen molar-refractivity contribution in [3.8, 4) is 0 Å². The molecule has 66 valence electrons. The Kier molecular flexibility index (Phi) is 2.22. The minimum Gasteiger partial charge on any atom is -0.361 e. The zero-order chi connectivity index (χ0) is 8.55. The van der Waals surface area contributed by atoms with Crippen molar-refractivity contribution in [3.05, 3.63) is 17.0 Å². The van der Waals surface area contributed by atoms with E-state index >= 15 is 0 Å². The van der Waals surface area contributed by atoms with E-state index in [1.54, 1.807) is 0 Å². The molecule has 0 spiro atoms. The van der Waals surface area contributed by atoms with E-state index in [2.05, 4.69) is 21.1 Å². The molecular weight excluding hydrogens is 218 g/mol. The average Bonchev–Trinajstić information content (AvgIpc) is 2.82. The third-order valence-electron chi connectivity index (χ3n) is 2.31. The van der Waals surface area contributed by atoms with Gasteiger partial charge in [-0.3, -0.25) is 0 Å². The maximum atomic E-state index is 5.30. The third kappa shape index (κ3) is 1.42. The molecule has 1 heterocycles. The molecule has 0 bridgehead atoms. The third-order valence-corrected chi connectivity index (χ3v) is 2.70. The molecular formula is C9H12BrNO. The summed E-state index contributed by atoms with van der Waals surface area (Å²) in [4.78, 5) is 0. The molecule has 1 aromatic rings. The van der Waals surface area contributed by atoms with Crippen LogP contribution in [0.1, 0.15) is 35.8 Å². The summed E-state index contributed by atoms with van der Waals surface area (Å²) >= 11 is 3.44. The summed E-state index contributed by atoms with van der Waals surface area (Å²) < 4.78 is 5.30. The van der Waals surface area contributed by atoms with Gasteiger partial charge in [-0.2, -0.15) is 0 Å². The van der Waals surface area contributed by atoms with E-state index in [0.29, 0.717) is 5.92 Å². The Labute approximate surface area is 80.4 Å². The van der Waals surface area contributed by atoms with E-state index in [4.69, 9.17) is 4.52 Å². The van der Waals surface area contributed by atoms with Gasteiger partial charge in [-0.1, -0.05) is 21.1 Å². The van der Waals surface area contributed by atoms with Crippen molar-refractivity contribution in [3.63, 3.8) is 0 Å². The van der Waals surface area contributed by atoms with Crippen molar-refractivity contribution < 1.29 is 4.52 Å². The van der Waals surface area contributed by atoms with Crippen LogP contribution in [0, 0.1) is 6.92 Å². The Morgan fingerprint density at radius 3 is 2.92 bits per heavy atom. The summed E-state index contributed by atoms with van der Waals surface area (Å²) in [5, 5.41) is 5.00. The van der Waals surface area contributed by atoms with Gasteiger partial charge in [-0.05, 0) is 26.2 Å². The minimum atomic E-state index is 0.681. The van der Waals surface area contributed by atoms with Crippen LogP contribution in [-0.4, -0.2) is 10.5 Å². The van der Waals surface area contributed by atoms with Crippen molar-refractivity contribution in [2.24, 2.45) is 0 Å². The molecule has 2 nitrogen and oxygen atoms in total. The SMILES string of the molecule is Cc1noc(C2CC2)c1CCBr. The van der Waals surface area contributed by atoms with Crippen LogP contribution in [0.5, 0.6) is 0 Å². The van der Waals surface area contributed by atoms with Gasteiger partial charge in [0.15, 0.2) is 0 Å². The first-order valence-corrected chi connectivity index (χ1v) is 5.46. The van der Waals surface area contributed by atoms with Gasteiger partial charge in [0.2, 0.25) is 0 Å². The highest BCUT2D eigenvalue weighted by atomic mass is 79.9. The van der Waals surface area contributed by atoms with Crippen LogP contribution in [0.15, 0.2) is 4.52 Å². The topological polar surface area (TPSA) is 26.0 Å². The molecule has 1 aromatic heterocycles. The van der Waals surface area contributed by atoms with Gasteiger partial charge in [-0.15, -0.1) is 0 Å². The molecule has 12 heavy (non-hydrogen) atoms. The molecule has 1 aliphatic carbocycles. The van der Waals surface area contributed by atoms with E-state index in [-0.39, 0.29) is 0 Å². The number of hydrogen-bond donors (Lipinski definition) is 0. The quantitative estimate of drug-likeness (QED) is 0.746. The fourth-order valence-electron chi connectivity index (χ4n) is 1.47. The maximum Gasteiger partial charge on any atom is 0.143 e. The molecule has 0 N–H and O–H groups in total. The van der Waals surface area contributed by atoms with Crippen molar-refractivity contribution in [1.82, 2.24) is 5.16 Å². The predicted molar refractivity (Wildman–Crippen MR) is 50.7 cm³/mol. The summed E-state index contributed by atoms with van der Waals surface area (Å²) in [6.45, 7) is 2.02. The number of alkyl halides is 1. The smallest absolute Gasteiger partial charge is 0.143 e. The zero-order valence-electron chi connectivity index (χ0n) is 7.14. The molecule has 3 heteroatoms. The largest absolute Gasteiger partial charge is 0.361 e. The van der Waals surface area contributed by atoms with Gasteiger partial charge >= 0.3 is 0 Å². The normalized spacial score (nSPS) is 16.8. The lowest BCUT2D eigenvalue weighted by atomic mass is 10.1. The van der Waals surface area contributed by atoms with Gasteiger partial charge in [-0.25, -0.2) is 0 Å². The van der Waals surface area contributed by atoms with Gasteiger partial charge in [0.1, 0.15) is 5.76 Å². The minimum absolute atomic E-state index is 0.681. The average molecular weight is 230 g/mol. The molecule has 0 radical (unpaired) electrons. The molecule has 1 aliphatic rings. The van der Waals surface area contributed by atoms with Crippen molar-refractivity contribution in [1.29, 1.82) is 0 Å². The van der Waals surface area contributed by atoms with E-state index in [0.717, 1.165) is 23.2 Å². The number of nitrogens with zero attached hydrogens (tertiary/aromatic N) is 1. The first-order valence-electron chi connectivity index (χ1n) is 4.34. The van der Waals surface area contributed by atoms with Crippen molar-refractivity contribution in [2.45, 2.75) is 32.1 Å². The summed E-state index contributed by atoms with van der Waals surface area (Å²) in [7, 11) is 0. The number of hydrogen-bond acceptors (Lipinski definition) is 2. The van der Waals surface area contributed by atoms with Gasteiger partial charge in [0.05, 0.1) is 5.69 Å². The Morgan fingerprint density at radius 2 is 2.33 bits per heavy atom. The second-order valence-corrected chi connectivity index (χ2v) is 4.12. The molecule has 0 amide bonds. The maximum absolute atomic E-state index is 5.30. The number of aryl methyl sites for hydroxylation is 1. The lowest BCUT2D eigenvalue weighted by Gasteiger charge is -1.96. The predicted octanol–water partition coefficient (Wildman–Crippen LogP) is 2.80. The van der Waals surface area contributed by atoms with Gasteiger partial charge < -0.3 is 4.52 Å². The summed E-state index contributed by atoms with van der Waals surface area (Å²) in [6.07, 6.45) is 3.61. The second kappa shape index (κ2) is 3.21. The lowest BCUT2D eigenvalue weighted by molar-refractivity contribution is 0.379. The molecule has 0 saturated heterocycles. The Hall–Kier alpha value is -0.310. The molecule has 1 saturated carbocycles. The van der Waals surface area contributed by atoms with Crippen LogP contribution in [0.3, 0.4) is 0 Å². The highest BCUT2D eigenvalue weighted by molar-refractivity contribution is 9.09. The molecule has 0 atom stereocenters. The molecule has 1 fully saturated rings. The Bertz CT molecular complexity index is 278. The molecule has 0 aliphatic heterocycles. The highest BCUT2D eigenvalue weighted by Crippen LogP contribution is 2.42. The van der Waals surface area contributed by atoms with Gasteiger partial charge in [0.25, 0.3) is 0 Å². The van der Waals surface area contributed by atoms with Crippen LogP contribution in [-0.2, 0) is 6.42 Å². The fourth-order valence-corrected chi connectivity index (χ4v) is 1.87. The monoisotopic (exact) mass is 229 g/mol. The fraction of sp³-hybridized carbons (Fsp3) is 0.667. The van der Waals surface area contributed by atoms with Gasteiger partial charge in [0, 0.05) is 16.8 Å². The van der Waals surface area contributed by atoms with E-state index in [1.165, 1.54) is 18.4 Å². The summed E-state index contributed by atoms with van der Waals surface area (Å²) in [5.41, 5.74) is 2.39. The zero-order valence-corrected chi connectivity index (χ0v) is 8.73. The number of aromatic nitrogens is 1. The van der Waals surface area contributed by atoms with Crippen LogP contribution in [0.2, 0.25) is 0 Å². The van der Waals surface area contributed by atoms with E-state index < -0.39 is 0 Å². The Balaban J connectivity index is 2.26.